The molecule has 24 nitrogen and oxygen atoms in total. The minimum Gasteiger partial charge on any atom is -0.497 e. The number of benzene rings is 3. The minimum absolute atomic E-state index is 0.000793. The number of nitrogens with zero attached hydrogens (tertiary/aromatic N) is 2. The summed E-state index contributed by atoms with van der Waals surface area (Å²) in [5.74, 6) is -5.26. The third-order valence-corrected chi connectivity index (χ3v) is 20.7. The molecule has 3 saturated heterocycles. The summed E-state index contributed by atoms with van der Waals surface area (Å²) >= 11 is 3.02. The van der Waals surface area contributed by atoms with E-state index >= 15 is 28.4 Å². The van der Waals surface area contributed by atoms with Crippen LogP contribution in [-0.4, -0.2) is 183 Å². The summed E-state index contributed by atoms with van der Waals surface area (Å²) in [6.45, 7) is 9.42. The molecular formula is C72H91F2N13O11S2. The lowest BCUT2D eigenvalue weighted by molar-refractivity contribution is -0.146. The first kappa shape index (κ1) is 75.2. The Morgan fingerprint density at radius 3 is 2.01 bits per heavy atom. The molecule has 3 bridgehead atoms. The van der Waals surface area contributed by atoms with Crippen LogP contribution in [0, 0.1) is 11.6 Å². The van der Waals surface area contributed by atoms with Crippen LogP contribution in [0.2, 0.25) is 0 Å². The second-order valence-electron chi connectivity index (χ2n) is 26.3. The monoisotopic (exact) mass is 1420 g/mol. The number of aromatic amines is 2. The molecular weight excluding hydrogens is 1330 g/mol. The Morgan fingerprint density at radius 1 is 0.680 bits per heavy atom. The summed E-state index contributed by atoms with van der Waals surface area (Å²) in [6.07, 6.45) is 10.7. The molecule has 10 amide bonds. The molecule has 100 heavy (non-hydrogen) atoms. The van der Waals surface area contributed by atoms with Gasteiger partial charge in [0.15, 0.2) is 0 Å². The molecule has 0 aliphatic carbocycles. The van der Waals surface area contributed by atoms with E-state index in [4.69, 9.17) is 10.5 Å². The molecule has 536 valence electrons. The number of rotatable bonds is 10. The largest absolute Gasteiger partial charge is 0.497 e. The van der Waals surface area contributed by atoms with Crippen LogP contribution in [0.4, 0.5) is 8.78 Å². The number of nitrogens with one attached hydrogen (secondary N) is 10. The highest BCUT2D eigenvalue weighted by Crippen LogP contribution is 2.32. The average Bonchev–Trinajstić information content (AvgIpc) is 1.59. The highest BCUT2D eigenvalue weighted by Gasteiger charge is 2.49. The fourth-order valence-electron chi connectivity index (χ4n) is 13.1. The Kier molecular flexibility index (Phi) is 26.6. The number of ether oxygens (including phenoxy) is 1. The fraction of sp³-hybridized carbons (Fsp3) is 0.472. The number of aromatic nitrogens is 2. The van der Waals surface area contributed by atoms with Crippen LogP contribution in [0.25, 0.3) is 21.8 Å². The molecule has 0 saturated carbocycles. The van der Waals surface area contributed by atoms with Crippen LogP contribution in [0.15, 0.2) is 109 Å². The van der Waals surface area contributed by atoms with Gasteiger partial charge in [0, 0.05) is 96.9 Å². The molecule has 9 atom stereocenters. The number of carbonyl (C=O) groups excluding carboxylic acids is 10. The van der Waals surface area contributed by atoms with E-state index < -0.39 is 113 Å². The van der Waals surface area contributed by atoms with Crippen molar-refractivity contribution in [3.05, 3.63) is 137 Å². The molecule has 0 spiro atoms. The first-order chi connectivity index (χ1) is 48.0. The van der Waals surface area contributed by atoms with Crippen molar-refractivity contribution in [2.24, 2.45) is 5.73 Å². The molecule has 28 heteroatoms. The number of nitrogens with two attached hydrogens (primary N) is 1. The molecule has 5 aromatic rings. The van der Waals surface area contributed by atoms with Gasteiger partial charge in [0.25, 0.3) is 0 Å². The summed E-state index contributed by atoms with van der Waals surface area (Å²) in [5, 5.41) is 23.6. The number of hydrogen-bond acceptors (Lipinski definition) is 14. The van der Waals surface area contributed by atoms with Crippen molar-refractivity contribution in [3.8, 4) is 5.75 Å². The van der Waals surface area contributed by atoms with Crippen LogP contribution in [0.5, 0.6) is 5.75 Å². The number of hydrogen-bond donors (Lipinski definition) is 11. The van der Waals surface area contributed by atoms with Gasteiger partial charge in [0.05, 0.1) is 13.0 Å². The zero-order valence-corrected chi connectivity index (χ0v) is 58.5. The summed E-state index contributed by atoms with van der Waals surface area (Å²) in [4.78, 5) is 155. The lowest BCUT2D eigenvalue weighted by Gasteiger charge is -2.36. The van der Waals surface area contributed by atoms with E-state index in [2.05, 4.69) is 59.1 Å². The number of fused-ring (bicyclic) bond motifs is 6. The molecule has 12 N–H and O–H groups in total. The molecule has 9 rings (SSSR count). The van der Waals surface area contributed by atoms with Crippen molar-refractivity contribution >= 4 is 104 Å². The van der Waals surface area contributed by atoms with Gasteiger partial charge in [-0.05, 0) is 150 Å². The van der Waals surface area contributed by atoms with Crippen molar-refractivity contribution in [1.29, 1.82) is 0 Å². The molecule has 2 aromatic heterocycles. The van der Waals surface area contributed by atoms with Gasteiger partial charge in [-0.1, -0.05) is 54.5 Å². The third-order valence-electron chi connectivity index (χ3n) is 18.7. The van der Waals surface area contributed by atoms with Gasteiger partial charge in [-0.2, -0.15) is 11.8 Å². The van der Waals surface area contributed by atoms with E-state index in [1.807, 2.05) is 25.2 Å². The highest BCUT2D eigenvalue weighted by atomic mass is 32.2. The van der Waals surface area contributed by atoms with Crippen molar-refractivity contribution in [1.82, 2.24) is 62.3 Å². The van der Waals surface area contributed by atoms with Crippen molar-refractivity contribution in [2.45, 2.75) is 165 Å². The standard InChI is InChI=1S/C72H91F2N13O11S2/c1-42-11-8-12-43(2)40-99-30-25-63(89)81-56(14-9-27-75)65(91)79-44(3)64(90)83-58(32-46-37-76-54-22-18-48(73)34-52(46)54)67(93)85-60(33-47-38-77-55-23-19-49(74)35-53(47)55)69(95)86-39-50-36-61(86)68(94)82-57(13-6-7-15-62(88)80-50)66(92)84-59(31-45-16-20-51(98-5)21-17-45)70(96)87-28-10-26-72(87,4)71(97)78-41-100-29-24-42/h8,11-12,16-23,34-35,37-38,44,50,56-61,76-77H,1,6-7,9-10,13-15,24-33,36,39-41,75H2,2-5H3,(H,78,97)(H,79,91)(H,80,88)(H,81,89)(H,82,94)(H,83,90)(H,84,92)(H,85,93)/t44-,50+,56+,57+,58+,59+,60+,61+,72+/m1/s1. The van der Waals surface area contributed by atoms with Gasteiger partial charge in [-0.15, -0.1) is 11.8 Å². The number of carbonyl (C=O) groups is 10. The SMILES string of the molecule is C=C1C=CC=C(C)CSCCC(=O)N[C@@H](CCCN)C(=O)N[C@H](C)C(=O)N[C@@H](Cc2c[nH]c3ccc(F)cc23)C(=O)N[C@@H](Cc2c[nH]c3ccc(F)cc23)C(=O)N2C[C@@H]3C[C@H]2C(=O)N[C@@H](CCCCC(=O)N3)C(=O)N[C@@H](Cc2ccc(OC)cc2)C(=O)N2CCC[C@@]2(C)C(=O)NCSCC1. The van der Waals surface area contributed by atoms with Crippen LogP contribution in [0.1, 0.15) is 108 Å². The second kappa shape index (κ2) is 35.3. The Morgan fingerprint density at radius 2 is 1.32 bits per heavy atom. The Labute approximate surface area is 588 Å². The van der Waals surface area contributed by atoms with Gasteiger partial charge in [0.2, 0.25) is 59.1 Å². The van der Waals surface area contributed by atoms with E-state index in [1.54, 1.807) is 43.6 Å². The third kappa shape index (κ3) is 19.9. The predicted octanol–water partition coefficient (Wildman–Crippen LogP) is 5.06. The van der Waals surface area contributed by atoms with Crippen LogP contribution < -0.4 is 53.0 Å². The minimum atomic E-state index is -1.60. The lowest BCUT2D eigenvalue weighted by Crippen LogP contribution is -2.62. The molecule has 6 heterocycles. The molecule has 3 fully saturated rings. The van der Waals surface area contributed by atoms with Crippen molar-refractivity contribution in [2.75, 3.05) is 49.9 Å². The first-order valence-electron chi connectivity index (χ1n) is 34.0. The van der Waals surface area contributed by atoms with Crippen molar-refractivity contribution in [3.63, 3.8) is 0 Å². The van der Waals surface area contributed by atoms with Gasteiger partial charge in [-0.3, -0.25) is 47.9 Å². The van der Waals surface area contributed by atoms with Gasteiger partial charge in [-0.25, -0.2) is 8.78 Å². The van der Waals surface area contributed by atoms with Crippen LogP contribution >= 0.6 is 23.5 Å². The number of allylic oxidation sites excluding steroid dienone is 4. The van der Waals surface area contributed by atoms with Crippen LogP contribution in [0.3, 0.4) is 0 Å². The van der Waals surface area contributed by atoms with Gasteiger partial charge >= 0.3 is 0 Å². The normalized spacial score (nSPS) is 25.6. The molecule has 0 radical (unpaired) electrons. The summed E-state index contributed by atoms with van der Waals surface area (Å²) in [5.41, 5.74) is 8.84. The molecule has 3 aromatic carbocycles. The smallest absolute Gasteiger partial charge is 0.246 e. The van der Waals surface area contributed by atoms with Gasteiger partial charge < -0.3 is 72.8 Å². The molecule has 4 aliphatic heterocycles. The highest BCUT2D eigenvalue weighted by molar-refractivity contribution is 7.99. The van der Waals surface area contributed by atoms with E-state index in [9.17, 15) is 28.4 Å². The lowest BCUT2D eigenvalue weighted by atomic mass is 9.95. The summed E-state index contributed by atoms with van der Waals surface area (Å²) < 4.78 is 35.5. The Balaban J connectivity index is 1.05. The Bertz CT molecular complexity index is 3900. The van der Waals surface area contributed by atoms with E-state index in [0.717, 1.165) is 11.1 Å². The second-order valence-corrected chi connectivity index (χ2v) is 28.5. The van der Waals surface area contributed by atoms with E-state index in [0.29, 0.717) is 93.6 Å². The maximum absolute atomic E-state index is 15.8. The fourth-order valence-corrected chi connectivity index (χ4v) is 14.7. The summed E-state index contributed by atoms with van der Waals surface area (Å²) in [7, 11) is 1.52. The number of thioether (sulfide) groups is 2. The Hall–Kier alpha value is -9.02. The maximum Gasteiger partial charge on any atom is 0.246 e. The number of H-pyrrole nitrogens is 2. The van der Waals surface area contributed by atoms with Gasteiger partial charge in [0.1, 0.15) is 65.2 Å². The maximum atomic E-state index is 15.8. The van der Waals surface area contributed by atoms with Crippen LogP contribution in [-0.2, 0) is 67.2 Å². The quantitative estimate of drug-likeness (QED) is 0.0871. The van der Waals surface area contributed by atoms with E-state index in [1.165, 1.54) is 83.8 Å². The number of amides is 10. The zero-order valence-electron chi connectivity index (χ0n) is 56.9. The number of halogens is 2. The van der Waals surface area contributed by atoms with E-state index in [-0.39, 0.29) is 95.1 Å². The molecule has 4 aliphatic rings. The zero-order chi connectivity index (χ0) is 71.6. The summed E-state index contributed by atoms with van der Waals surface area (Å²) in [6, 6.07) is 4.57. The topological polar surface area (TPSA) is 340 Å². The predicted molar refractivity (Wildman–Crippen MR) is 380 cm³/mol. The first-order valence-corrected chi connectivity index (χ1v) is 36.3. The number of methoxy groups -OCH3 is 1. The molecule has 0 unspecified atom stereocenters. The van der Waals surface area contributed by atoms with Crippen molar-refractivity contribution < 1.29 is 61.5 Å². The average molecular weight is 1420 g/mol.